The molecule has 0 unspecified atom stereocenters. The number of rotatable bonds is 4. The van der Waals surface area contributed by atoms with Gasteiger partial charge < -0.3 is 4.90 Å². The van der Waals surface area contributed by atoms with Gasteiger partial charge in [0.05, 0.1) is 22.2 Å². The van der Waals surface area contributed by atoms with Crippen molar-refractivity contribution in [2.75, 3.05) is 26.2 Å². The van der Waals surface area contributed by atoms with Gasteiger partial charge in [-0.2, -0.15) is 9.40 Å². The first-order chi connectivity index (χ1) is 15.0. The molecule has 0 atom stereocenters. The Morgan fingerprint density at radius 3 is 2.39 bits per heavy atom. The second kappa shape index (κ2) is 8.09. The predicted octanol–water partition coefficient (Wildman–Crippen LogP) is 3.14. The zero-order chi connectivity index (χ0) is 21.4. The Bertz CT molecular complexity index is 1190. The van der Waals surface area contributed by atoms with Crippen LogP contribution in [0.15, 0.2) is 59.8 Å². The minimum absolute atomic E-state index is 0.0495. The molecular weight excluding hydrogens is 412 g/mol. The van der Waals surface area contributed by atoms with Crippen molar-refractivity contribution in [2.45, 2.75) is 36.5 Å². The summed E-state index contributed by atoms with van der Waals surface area (Å²) in [4.78, 5) is 15.1. The molecule has 2 aromatic heterocycles. The van der Waals surface area contributed by atoms with Crippen LogP contribution in [0.25, 0.3) is 5.52 Å². The molecule has 5 rings (SSSR count). The van der Waals surface area contributed by atoms with Gasteiger partial charge in [0.25, 0.3) is 5.91 Å². The Morgan fingerprint density at radius 1 is 0.968 bits per heavy atom. The lowest BCUT2D eigenvalue weighted by atomic mass is 9.90. The molecule has 0 bridgehead atoms. The summed E-state index contributed by atoms with van der Waals surface area (Å²) < 4.78 is 29.1. The maximum atomic E-state index is 12.9. The van der Waals surface area contributed by atoms with Crippen molar-refractivity contribution in [3.05, 3.63) is 66.0 Å². The molecule has 2 aliphatic heterocycles. The minimum atomic E-state index is -3.45. The van der Waals surface area contributed by atoms with Gasteiger partial charge in [-0.25, -0.2) is 12.9 Å². The molecule has 1 amide bonds. The molecule has 0 N–H and O–H groups in total. The largest absolute Gasteiger partial charge is 0.339 e. The molecule has 2 saturated heterocycles. The van der Waals surface area contributed by atoms with Crippen LogP contribution in [0.3, 0.4) is 0 Å². The smallest absolute Gasteiger partial charge is 0.257 e. The molecule has 162 valence electrons. The van der Waals surface area contributed by atoms with E-state index in [2.05, 4.69) is 11.2 Å². The van der Waals surface area contributed by atoms with Crippen LogP contribution in [0.2, 0.25) is 0 Å². The summed E-state index contributed by atoms with van der Waals surface area (Å²) >= 11 is 0. The molecule has 0 radical (unpaired) electrons. The number of sulfonamides is 1. The summed E-state index contributed by atoms with van der Waals surface area (Å²) in [5, 5.41) is 4.36. The Morgan fingerprint density at radius 2 is 1.68 bits per heavy atom. The number of pyridine rings is 1. The number of amides is 1. The van der Waals surface area contributed by atoms with Gasteiger partial charge >= 0.3 is 0 Å². The van der Waals surface area contributed by atoms with Crippen molar-refractivity contribution in [3.63, 3.8) is 0 Å². The number of hydrogen-bond acceptors (Lipinski definition) is 4. The highest BCUT2D eigenvalue weighted by molar-refractivity contribution is 7.89. The number of carbonyl (C=O) groups is 1. The molecule has 1 aromatic carbocycles. The summed E-state index contributed by atoms with van der Waals surface area (Å²) in [5.41, 5.74) is 2.61. The Hall–Kier alpha value is -2.71. The number of hydrogen-bond donors (Lipinski definition) is 0. The van der Waals surface area contributed by atoms with Gasteiger partial charge in [-0.3, -0.25) is 4.79 Å². The highest BCUT2D eigenvalue weighted by Gasteiger charge is 2.30. The normalized spacial score (nSPS) is 18.6. The zero-order valence-electron chi connectivity index (χ0n) is 17.4. The third-order valence-electron chi connectivity index (χ3n) is 6.48. The van der Waals surface area contributed by atoms with Gasteiger partial charge in [-0.1, -0.05) is 18.2 Å². The molecule has 4 heterocycles. The van der Waals surface area contributed by atoms with E-state index in [0.29, 0.717) is 23.5 Å². The van der Waals surface area contributed by atoms with E-state index in [9.17, 15) is 13.2 Å². The lowest BCUT2D eigenvalue weighted by Gasteiger charge is -2.31. The van der Waals surface area contributed by atoms with Crippen molar-refractivity contribution < 1.29 is 13.2 Å². The topological polar surface area (TPSA) is 75.0 Å². The number of piperidine rings is 1. The number of benzene rings is 1. The average molecular weight is 439 g/mol. The van der Waals surface area contributed by atoms with Crippen LogP contribution in [-0.4, -0.2) is 59.3 Å². The zero-order valence-corrected chi connectivity index (χ0v) is 18.2. The molecule has 31 heavy (non-hydrogen) atoms. The van der Waals surface area contributed by atoms with Gasteiger partial charge in [-0.05, 0) is 61.4 Å². The molecule has 0 spiro atoms. The van der Waals surface area contributed by atoms with Crippen LogP contribution in [-0.2, 0) is 10.0 Å². The molecule has 0 saturated carbocycles. The van der Waals surface area contributed by atoms with Gasteiger partial charge in [0.15, 0.2) is 0 Å². The lowest BCUT2D eigenvalue weighted by Crippen LogP contribution is -2.37. The Kier molecular flexibility index (Phi) is 5.27. The molecule has 0 aliphatic carbocycles. The third kappa shape index (κ3) is 3.74. The van der Waals surface area contributed by atoms with Crippen LogP contribution in [0.5, 0.6) is 0 Å². The molecule has 2 fully saturated rings. The highest BCUT2D eigenvalue weighted by Crippen LogP contribution is 2.32. The van der Waals surface area contributed by atoms with Crippen molar-refractivity contribution in [2.24, 2.45) is 0 Å². The number of fused-ring (bicyclic) bond motifs is 1. The van der Waals surface area contributed by atoms with Crippen LogP contribution in [0.4, 0.5) is 0 Å². The van der Waals surface area contributed by atoms with Crippen LogP contribution < -0.4 is 0 Å². The lowest BCUT2D eigenvalue weighted by molar-refractivity contribution is 0.0794. The first-order valence-corrected chi connectivity index (χ1v) is 12.3. The molecule has 7 nitrogen and oxygen atoms in total. The van der Waals surface area contributed by atoms with E-state index >= 15 is 0 Å². The van der Waals surface area contributed by atoms with E-state index in [1.54, 1.807) is 39.3 Å². The number of aromatic nitrogens is 2. The standard InChI is InChI=1S/C23H26N4O3S/c28-23(25-11-4-5-12-25)21-17-24-27-15-10-19(16-22(21)27)18-8-13-26(14-9-18)31(29,30)20-6-2-1-3-7-20/h1-3,6-7,10,15-18H,4-5,8-9,11-14H2. The van der Waals surface area contributed by atoms with Crippen molar-refractivity contribution in [1.29, 1.82) is 0 Å². The van der Waals surface area contributed by atoms with Crippen LogP contribution >= 0.6 is 0 Å². The van der Waals surface area contributed by atoms with Gasteiger partial charge in [0, 0.05) is 32.4 Å². The predicted molar refractivity (Wildman–Crippen MR) is 118 cm³/mol. The first-order valence-electron chi connectivity index (χ1n) is 10.9. The summed E-state index contributed by atoms with van der Waals surface area (Å²) in [6, 6.07) is 12.7. The van der Waals surface area contributed by atoms with E-state index in [1.165, 1.54) is 0 Å². The monoisotopic (exact) mass is 438 g/mol. The maximum Gasteiger partial charge on any atom is 0.257 e. The van der Waals surface area contributed by atoms with Crippen molar-refractivity contribution in [3.8, 4) is 0 Å². The fourth-order valence-electron chi connectivity index (χ4n) is 4.68. The second-order valence-electron chi connectivity index (χ2n) is 8.34. The third-order valence-corrected chi connectivity index (χ3v) is 8.39. The van der Waals surface area contributed by atoms with E-state index in [1.807, 2.05) is 23.2 Å². The van der Waals surface area contributed by atoms with E-state index in [4.69, 9.17) is 0 Å². The van der Waals surface area contributed by atoms with Crippen molar-refractivity contribution >= 4 is 21.4 Å². The summed E-state index contributed by atoms with van der Waals surface area (Å²) in [7, 11) is -3.45. The van der Waals surface area contributed by atoms with Crippen LogP contribution in [0.1, 0.15) is 47.5 Å². The summed E-state index contributed by atoms with van der Waals surface area (Å²) in [6.45, 7) is 2.60. The van der Waals surface area contributed by atoms with Gasteiger partial charge in [0.2, 0.25) is 10.0 Å². The summed E-state index contributed by atoms with van der Waals surface area (Å²) in [6.07, 6.45) is 7.19. The second-order valence-corrected chi connectivity index (χ2v) is 10.3. The average Bonchev–Trinajstić information content (AvgIpc) is 3.49. The molecular formula is C23H26N4O3S. The quantitative estimate of drug-likeness (QED) is 0.627. The Labute approximate surface area is 182 Å². The Balaban J connectivity index is 1.34. The molecule has 8 heteroatoms. The number of likely N-dealkylation sites (tertiary alicyclic amines) is 1. The SMILES string of the molecule is O=C(c1cnn2ccc(C3CCN(S(=O)(=O)c4ccccc4)CC3)cc12)N1CCCC1. The van der Waals surface area contributed by atoms with Crippen molar-refractivity contribution in [1.82, 2.24) is 18.8 Å². The number of nitrogens with zero attached hydrogens (tertiary/aromatic N) is 4. The minimum Gasteiger partial charge on any atom is -0.339 e. The fourth-order valence-corrected chi connectivity index (χ4v) is 6.17. The highest BCUT2D eigenvalue weighted by atomic mass is 32.2. The van der Waals surface area contributed by atoms with E-state index < -0.39 is 10.0 Å². The first kappa shape index (κ1) is 20.2. The summed E-state index contributed by atoms with van der Waals surface area (Å²) in [5.74, 6) is 0.310. The van der Waals surface area contributed by atoms with E-state index in [-0.39, 0.29) is 11.8 Å². The molecule has 3 aromatic rings. The maximum absolute atomic E-state index is 12.9. The van der Waals surface area contributed by atoms with Crippen LogP contribution in [0, 0.1) is 0 Å². The van der Waals surface area contributed by atoms with Gasteiger partial charge in [-0.15, -0.1) is 0 Å². The number of carbonyl (C=O) groups excluding carboxylic acids is 1. The molecule has 2 aliphatic rings. The van der Waals surface area contributed by atoms with E-state index in [0.717, 1.165) is 49.9 Å². The van der Waals surface area contributed by atoms with Gasteiger partial charge in [0.1, 0.15) is 0 Å². The fraction of sp³-hybridized carbons (Fsp3) is 0.391.